The summed E-state index contributed by atoms with van der Waals surface area (Å²) < 4.78 is 38.7. The van der Waals surface area contributed by atoms with E-state index in [2.05, 4.69) is 5.32 Å². The van der Waals surface area contributed by atoms with E-state index in [0.717, 1.165) is 0 Å². The molecule has 1 amide bonds. The Morgan fingerprint density at radius 2 is 1.77 bits per heavy atom. The molecule has 0 spiro atoms. The van der Waals surface area contributed by atoms with Crippen LogP contribution < -0.4 is 5.32 Å². The van der Waals surface area contributed by atoms with Crippen molar-refractivity contribution in [3.8, 4) is 0 Å². The van der Waals surface area contributed by atoms with Crippen LogP contribution in [-0.2, 0) is 9.59 Å². The molecule has 0 aromatic heterocycles. The number of carboxylic acid groups (broad SMARTS) is 1. The summed E-state index contributed by atoms with van der Waals surface area (Å²) in [7, 11) is 2.78. The number of hydrogen-bond acceptors (Lipinski definition) is 4. The lowest BCUT2D eigenvalue weighted by atomic mass is 9.78. The van der Waals surface area contributed by atoms with Gasteiger partial charge < -0.3 is 10.4 Å². The van der Waals surface area contributed by atoms with E-state index in [-0.39, 0.29) is 19.3 Å². The summed E-state index contributed by atoms with van der Waals surface area (Å²) in [4.78, 5) is 22.2. The minimum Gasteiger partial charge on any atom is -0.481 e. The van der Waals surface area contributed by atoms with E-state index < -0.39 is 29.9 Å². The Kier molecular flexibility index (Phi) is 8.45. The fourth-order valence-corrected chi connectivity index (χ4v) is 4.32. The average molecular weight is 359 g/mol. The molecule has 22 heavy (non-hydrogen) atoms. The van der Waals surface area contributed by atoms with Crippen LogP contribution in [0.15, 0.2) is 0 Å². The van der Waals surface area contributed by atoms with Crippen LogP contribution in [0.4, 0.5) is 13.2 Å². The highest BCUT2D eigenvalue weighted by atomic mass is 33.1. The molecule has 1 rings (SSSR count). The molecule has 0 aliphatic heterocycles. The number of carbonyl (C=O) groups is 2. The summed E-state index contributed by atoms with van der Waals surface area (Å²) >= 11 is 0. The maximum absolute atomic E-state index is 12.9. The first kappa shape index (κ1) is 19.5. The van der Waals surface area contributed by atoms with Gasteiger partial charge in [0.25, 0.3) is 0 Å². The third-order valence-corrected chi connectivity index (χ3v) is 5.90. The van der Waals surface area contributed by atoms with Crippen molar-refractivity contribution in [2.45, 2.75) is 38.3 Å². The molecule has 0 aromatic carbocycles. The smallest absolute Gasteiger partial charge is 0.392 e. The summed E-state index contributed by atoms with van der Waals surface area (Å²) in [6.07, 6.45) is -2.75. The van der Waals surface area contributed by atoms with Crippen LogP contribution >= 0.6 is 21.6 Å². The molecule has 0 radical (unpaired) electrons. The molecular weight excluding hydrogens is 339 g/mol. The second kappa shape index (κ2) is 9.54. The number of rotatable bonds is 8. The SMILES string of the molecule is O=C(O)CCSSCCNC(=O)[C@@H]1CCCC[C@@H]1C(F)(F)F. The highest BCUT2D eigenvalue weighted by Crippen LogP contribution is 2.41. The molecule has 0 aromatic rings. The van der Waals surface area contributed by atoms with Gasteiger partial charge in [0.15, 0.2) is 0 Å². The summed E-state index contributed by atoms with van der Waals surface area (Å²) in [5.74, 6) is -2.88. The van der Waals surface area contributed by atoms with E-state index in [1.807, 2.05) is 0 Å². The van der Waals surface area contributed by atoms with Crippen LogP contribution in [0.1, 0.15) is 32.1 Å². The predicted molar refractivity (Wildman–Crippen MR) is 81.7 cm³/mol. The minimum atomic E-state index is -4.32. The number of carbonyl (C=O) groups excluding carboxylic acids is 1. The zero-order valence-electron chi connectivity index (χ0n) is 12.0. The van der Waals surface area contributed by atoms with Crippen molar-refractivity contribution in [1.82, 2.24) is 5.32 Å². The number of halogens is 3. The normalized spacial score (nSPS) is 22.3. The zero-order chi connectivity index (χ0) is 16.6. The van der Waals surface area contributed by atoms with Crippen molar-refractivity contribution in [3.05, 3.63) is 0 Å². The lowest BCUT2D eigenvalue weighted by molar-refractivity contribution is -0.198. The van der Waals surface area contributed by atoms with Crippen molar-refractivity contribution in [2.24, 2.45) is 11.8 Å². The Hall–Kier alpha value is -0.570. The van der Waals surface area contributed by atoms with Crippen LogP contribution in [0.5, 0.6) is 0 Å². The monoisotopic (exact) mass is 359 g/mol. The lowest BCUT2D eigenvalue weighted by Gasteiger charge is -2.31. The van der Waals surface area contributed by atoms with Gasteiger partial charge in [0, 0.05) is 24.0 Å². The van der Waals surface area contributed by atoms with E-state index in [0.29, 0.717) is 30.9 Å². The molecule has 128 valence electrons. The van der Waals surface area contributed by atoms with Crippen LogP contribution in [-0.4, -0.2) is 41.2 Å². The van der Waals surface area contributed by atoms with Gasteiger partial charge in [-0.05, 0) is 12.8 Å². The Balaban J connectivity index is 2.24. The van der Waals surface area contributed by atoms with Gasteiger partial charge in [-0.15, -0.1) is 0 Å². The topological polar surface area (TPSA) is 66.4 Å². The molecule has 0 saturated heterocycles. The summed E-state index contributed by atoms with van der Waals surface area (Å²) in [5.41, 5.74) is 0. The maximum atomic E-state index is 12.9. The molecule has 1 fully saturated rings. The number of alkyl halides is 3. The van der Waals surface area contributed by atoms with Crippen LogP contribution in [0.3, 0.4) is 0 Å². The minimum absolute atomic E-state index is 0.0291. The fraction of sp³-hybridized carbons (Fsp3) is 0.846. The van der Waals surface area contributed by atoms with Gasteiger partial charge in [-0.25, -0.2) is 0 Å². The number of nitrogens with one attached hydrogen (secondary N) is 1. The standard InChI is InChI=1S/C13H20F3NO3S2/c14-13(15,16)10-4-2-1-3-9(10)12(20)17-6-8-22-21-7-5-11(18)19/h9-10H,1-8H2,(H,17,20)(H,18,19)/t9-,10+/m1/s1. The molecule has 0 unspecified atom stereocenters. The molecule has 0 bridgehead atoms. The van der Waals surface area contributed by atoms with Gasteiger partial charge in [0.1, 0.15) is 0 Å². The molecule has 1 aliphatic rings. The van der Waals surface area contributed by atoms with Gasteiger partial charge in [-0.3, -0.25) is 9.59 Å². The van der Waals surface area contributed by atoms with Crippen LogP contribution in [0.25, 0.3) is 0 Å². The first-order valence-corrected chi connectivity index (χ1v) is 9.62. The van der Waals surface area contributed by atoms with E-state index in [4.69, 9.17) is 5.11 Å². The van der Waals surface area contributed by atoms with E-state index >= 15 is 0 Å². The molecular formula is C13H20F3NO3S2. The van der Waals surface area contributed by atoms with Crippen molar-refractivity contribution < 1.29 is 27.9 Å². The summed E-state index contributed by atoms with van der Waals surface area (Å²) in [6.45, 7) is 0.296. The highest BCUT2D eigenvalue weighted by Gasteiger charge is 2.47. The zero-order valence-corrected chi connectivity index (χ0v) is 13.7. The van der Waals surface area contributed by atoms with Gasteiger partial charge in [0.05, 0.1) is 12.3 Å². The maximum Gasteiger partial charge on any atom is 0.392 e. The Bertz CT molecular complexity index is 380. The first-order valence-electron chi connectivity index (χ1n) is 7.13. The summed E-state index contributed by atoms with van der Waals surface area (Å²) in [6, 6.07) is 0. The van der Waals surface area contributed by atoms with Gasteiger partial charge in [-0.1, -0.05) is 34.4 Å². The van der Waals surface area contributed by atoms with Gasteiger partial charge >= 0.3 is 12.1 Å². The fourth-order valence-electron chi connectivity index (χ4n) is 2.43. The average Bonchev–Trinajstić information content (AvgIpc) is 2.44. The second-order valence-electron chi connectivity index (χ2n) is 5.12. The third-order valence-electron chi connectivity index (χ3n) is 3.49. The lowest BCUT2D eigenvalue weighted by Crippen LogP contribution is -2.43. The molecule has 9 heteroatoms. The molecule has 2 N–H and O–H groups in total. The largest absolute Gasteiger partial charge is 0.481 e. The third kappa shape index (κ3) is 7.13. The van der Waals surface area contributed by atoms with E-state index in [1.165, 1.54) is 21.6 Å². The van der Waals surface area contributed by atoms with Crippen LogP contribution in [0, 0.1) is 11.8 Å². The van der Waals surface area contributed by atoms with E-state index in [9.17, 15) is 22.8 Å². The first-order chi connectivity index (χ1) is 10.3. The molecule has 4 nitrogen and oxygen atoms in total. The number of aliphatic carboxylic acids is 1. The van der Waals surface area contributed by atoms with Gasteiger partial charge in [0.2, 0.25) is 5.91 Å². The van der Waals surface area contributed by atoms with Crippen molar-refractivity contribution in [1.29, 1.82) is 0 Å². The molecule has 1 aliphatic carbocycles. The number of hydrogen-bond donors (Lipinski definition) is 2. The number of amides is 1. The van der Waals surface area contributed by atoms with Crippen LogP contribution in [0.2, 0.25) is 0 Å². The molecule has 1 saturated carbocycles. The Morgan fingerprint density at radius 3 is 2.41 bits per heavy atom. The second-order valence-corrected chi connectivity index (χ2v) is 7.82. The molecule has 0 heterocycles. The van der Waals surface area contributed by atoms with E-state index in [1.54, 1.807) is 0 Å². The Morgan fingerprint density at radius 1 is 1.14 bits per heavy atom. The highest BCUT2D eigenvalue weighted by molar-refractivity contribution is 8.76. The van der Waals surface area contributed by atoms with Gasteiger partial charge in [-0.2, -0.15) is 13.2 Å². The predicted octanol–water partition coefficient (Wildman–Crippen LogP) is 3.33. The van der Waals surface area contributed by atoms with Crippen molar-refractivity contribution >= 4 is 33.5 Å². The Labute approximate surface area is 135 Å². The molecule has 2 atom stereocenters. The number of carboxylic acids is 1. The summed E-state index contributed by atoms with van der Waals surface area (Å²) in [5, 5.41) is 11.0. The van der Waals surface area contributed by atoms with Crippen molar-refractivity contribution in [3.63, 3.8) is 0 Å². The van der Waals surface area contributed by atoms with Crippen molar-refractivity contribution in [2.75, 3.05) is 18.1 Å². The quantitative estimate of drug-likeness (QED) is 0.514.